The van der Waals surface area contributed by atoms with Crippen LogP contribution in [-0.4, -0.2) is 17.5 Å². The maximum atomic E-state index is 10.9. The molecule has 0 radical (unpaired) electrons. The van der Waals surface area contributed by atoms with Crippen molar-refractivity contribution in [2.24, 2.45) is 0 Å². The lowest BCUT2D eigenvalue weighted by molar-refractivity contribution is -0.910. The third-order valence-electron chi connectivity index (χ3n) is 3.24. The summed E-state index contributed by atoms with van der Waals surface area (Å²) < 4.78 is 17.4. The van der Waals surface area contributed by atoms with E-state index in [1.807, 2.05) is 13.8 Å². The van der Waals surface area contributed by atoms with Crippen LogP contribution in [0.15, 0.2) is 6.20 Å². The van der Waals surface area contributed by atoms with Gasteiger partial charge in [-0.1, -0.05) is 21.3 Å². The average Bonchev–Trinajstić information content (AvgIpc) is 2.44. The Labute approximate surface area is 125 Å². The van der Waals surface area contributed by atoms with Crippen LogP contribution in [0.1, 0.15) is 51.4 Å². The first-order valence-corrected chi connectivity index (χ1v) is 6.76. The summed E-state index contributed by atoms with van der Waals surface area (Å²) in [6.45, 7) is 5.73. The molecule has 1 atom stereocenters. The molecule has 6 heteroatoms. The highest BCUT2D eigenvalue weighted by Gasteiger charge is 2.31. The minimum Gasteiger partial charge on any atom is -0.461 e. The Kier molecular flexibility index (Phi) is 5.96. The standard InChI is InChI=1S/C14H20NO5.CH4/c1-4-12-14-11(8-19-13(5-2)20-14)10(6-15(12)17)7-18-9(3)16;/h6,13,17H,4-5,7-8H2,1-3H3;1H4/q+1;. The van der Waals surface area contributed by atoms with Crippen molar-refractivity contribution in [3.8, 4) is 5.75 Å². The van der Waals surface area contributed by atoms with Crippen LogP contribution in [0.5, 0.6) is 5.75 Å². The highest BCUT2D eigenvalue weighted by atomic mass is 16.7. The van der Waals surface area contributed by atoms with Gasteiger partial charge in [0.25, 0.3) is 5.69 Å². The Morgan fingerprint density at radius 1 is 1.52 bits per heavy atom. The molecule has 1 aromatic rings. The number of hydrogen-bond donors (Lipinski definition) is 1. The van der Waals surface area contributed by atoms with Gasteiger partial charge in [0.1, 0.15) is 6.61 Å². The van der Waals surface area contributed by atoms with Gasteiger partial charge in [-0.3, -0.25) is 10.0 Å². The maximum Gasteiger partial charge on any atom is 0.302 e. The number of pyridine rings is 1. The minimum absolute atomic E-state index is 0. The third-order valence-corrected chi connectivity index (χ3v) is 3.24. The fourth-order valence-electron chi connectivity index (χ4n) is 2.19. The first kappa shape index (κ1) is 17.2. The lowest BCUT2D eigenvalue weighted by Crippen LogP contribution is -2.39. The van der Waals surface area contributed by atoms with Crippen LogP contribution in [-0.2, 0) is 33.9 Å². The molecule has 0 spiro atoms. The van der Waals surface area contributed by atoms with Crippen molar-refractivity contribution >= 4 is 5.97 Å². The molecule has 1 aliphatic rings. The zero-order chi connectivity index (χ0) is 14.7. The Bertz CT molecular complexity index is 515. The summed E-state index contributed by atoms with van der Waals surface area (Å²) in [6, 6.07) is 0. The molecule has 2 heterocycles. The average molecular weight is 298 g/mol. The van der Waals surface area contributed by atoms with Gasteiger partial charge in [0.05, 0.1) is 12.2 Å². The van der Waals surface area contributed by atoms with Crippen molar-refractivity contribution in [1.29, 1.82) is 0 Å². The molecule has 6 nitrogen and oxygen atoms in total. The van der Waals surface area contributed by atoms with E-state index < -0.39 is 0 Å². The zero-order valence-corrected chi connectivity index (χ0v) is 12.0. The number of nitrogens with zero attached hydrogens (tertiary/aromatic N) is 1. The number of ether oxygens (including phenoxy) is 3. The topological polar surface area (TPSA) is 68.9 Å². The summed E-state index contributed by atoms with van der Waals surface area (Å²) in [5.41, 5.74) is 2.20. The van der Waals surface area contributed by atoms with Gasteiger partial charge in [-0.25, -0.2) is 0 Å². The number of rotatable bonds is 4. The van der Waals surface area contributed by atoms with E-state index in [1.54, 1.807) is 6.20 Å². The molecule has 0 saturated heterocycles. The molecule has 1 unspecified atom stereocenters. The summed E-state index contributed by atoms with van der Waals surface area (Å²) >= 11 is 0. The van der Waals surface area contributed by atoms with Crippen LogP contribution >= 0.6 is 0 Å². The fourth-order valence-corrected chi connectivity index (χ4v) is 2.19. The number of carbonyl (C=O) groups is 1. The van der Waals surface area contributed by atoms with Crippen molar-refractivity contribution in [2.75, 3.05) is 0 Å². The van der Waals surface area contributed by atoms with Gasteiger partial charge in [0.2, 0.25) is 11.9 Å². The molecule has 0 saturated carbocycles. The van der Waals surface area contributed by atoms with E-state index in [2.05, 4.69) is 0 Å². The van der Waals surface area contributed by atoms with Gasteiger partial charge in [-0.05, 0) is 0 Å². The molecule has 21 heavy (non-hydrogen) atoms. The lowest BCUT2D eigenvalue weighted by atomic mass is 10.1. The Morgan fingerprint density at radius 2 is 2.24 bits per heavy atom. The smallest absolute Gasteiger partial charge is 0.302 e. The van der Waals surface area contributed by atoms with Crippen molar-refractivity contribution in [3.63, 3.8) is 0 Å². The third kappa shape index (κ3) is 3.64. The van der Waals surface area contributed by atoms with Crippen LogP contribution in [0.4, 0.5) is 0 Å². The number of fused-ring (bicyclic) bond motifs is 1. The molecular weight excluding hydrogens is 274 g/mol. The Hall–Kier alpha value is -1.82. The normalized spacial score (nSPS) is 16.4. The summed E-state index contributed by atoms with van der Waals surface area (Å²) in [5, 5.41) is 10.0. The summed E-state index contributed by atoms with van der Waals surface area (Å²) in [4.78, 5) is 10.9. The second kappa shape index (κ2) is 7.26. The van der Waals surface area contributed by atoms with Crippen molar-refractivity contribution in [3.05, 3.63) is 23.0 Å². The molecule has 0 fully saturated rings. The number of aromatic nitrogens is 1. The summed E-state index contributed by atoms with van der Waals surface area (Å²) in [7, 11) is 0. The van der Waals surface area contributed by atoms with E-state index in [-0.39, 0.29) is 26.3 Å². The molecule has 0 bridgehead atoms. The first-order chi connectivity index (χ1) is 9.56. The predicted molar refractivity (Wildman–Crippen MR) is 74.9 cm³/mol. The second-order valence-electron chi connectivity index (χ2n) is 4.65. The molecule has 0 aromatic carbocycles. The minimum atomic E-state index is -0.369. The van der Waals surface area contributed by atoms with Gasteiger partial charge in [0, 0.05) is 30.1 Å². The largest absolute Gasteiger partial charge is 0.461 e. The molecule has 2 rings (SSSR count). The fraction of sp³-hybridized carbons (Fsp3) is 0.600. The molecule has 1 aliphatic heterocycles. The van der Waals surface area contributed by atoms with Gasteiger partial charge >= 0.3 is 5.97 Å². The SMILES string of the molecule is C.CCc1c2c(c(COC(C)=O)c[n+]1O)COC(CC)O2. The molecule has 118 valence electrons. The van der Waals surface area contributed by atoms with E-state index in [0.717, 1.165) is 16.7 Å². The van der Waals surface area contributed by atoms with E-state index in [1.165, 1.54) is 6.92 Å². The van der Waals surface area contributed by atoms with E-state index in [0.29, 0.717) is 30.0 Å². The highest BCUT2D eigenvalue weighted by Crippen LogP contribution is 2.32. The lowest BCUT2D eigenvalue weighted by Gasteiger charge is -2.26. The molecule has 1 N–H and O–H groups in total. The number of hydrogen-bond acceptors (Lipinski definition) is 5. The van der Waals surface area contributed by atoms with E-state index >= 15 is 0 Å². The van der Waals surface area contributed by atoms with Crippen LogP contribution in [0.2, 0.25) is 0 Å². The molecule has 1 aromatic heterocycles. The van der Waals surface area contributed by atoms with Gasteiger partial charge in [-0.2, -0.15) is 0 Å². The van der Waals surface area contributed by atoms with Gasteiger partial charge in [0.15, 0.2) is 6.29 Å². The molecule has 0 amide bonds. The van der Waals surface area contributed by atoms with Crippen LogP contribution < -0.4 is 9.47 Å². The van der Waals surface area contributed by atoms with Crippen LogP contribution in [0.25, 0.3) is 0 Å². The summed E-state index contributed by atoms with van der Waals surface area (Å²) in [5.74, 6) is 0.268. The van der Waals surface area contributed by atoms with Gasteiger partial charge < -0.3 is 14.2 Å². The molecular formula is C15H24NO5+. The number of carbonyl (C=O) groups excluding carboxylic acids is 1. The predicted octanol–water partition coefficient (Wildman–Crippen LogP) is 2.12. The second-order valence-corrected chi connectivity index (χ2v) is 4.65. The van der Waals surface area contributed by atoms with E-state index in [4.69, 9.17) is 14.2 Å². The molecule has 0 aliphatic carbocycles. The Morgan fingerprint density at radius 3 is 2.81 bits per heavy atom. The first-order valence-electron chi connectivity index (χ1n) is 6.76. The number of esters is 1. The van der Waals surface area contributed by atoms with Crippen LogP contribution in [0, 0.1) is 0 Å². The van der Waals surface area contributed by atoms with Crippen LogP contribution in [0.3, 0.4) is 0 Å². The monoisotopic (exact) mass is 298 g/mol. The van der Waals surface area contributed by atoms with Gasteiger partial charge in [-0.15, -0.1) is 0 Å². The van der Waals surface area contributed by atoms with Crippen molar-refractivity contribution in [2.45, 2.75) is 60.5 Å². The van der Waals surface area contributed by atoms with Crippen molar-refractivity contribution < 1.29 is 28.9 Å². The van der Waals surface area contributed by atoms with E-state index in [9.17, 15) is 10.0 Å². The highest BCUT2D eigenvalue weighted by molar-refractivity contribution is 5.66. The Balaban J connectivity index is 0.00000220. The summed E-state index contributed by atoms with van der Waals surface area (Å²) in [6.07, 6.45) is 2.59. The van der Waals surface area contributed by atoms with Crippen molar-refractivity contribution in [1.82, 2.24) is 0 Å². The maximum absolute atomic E-state index is 10.9. The zero-order valence-electron chi connectivity index (χ0n) is 12.0. The quantitative estimate of drug-likeness (QED) is 0.524.